The Labute approximate surface area is 146 Å². The van der Waals surface area contributed by atoms with E-state index in [1.54, 1.807) is 0 Å². The van der Waals surface area contributed by atoms with Crippen molar-refractivity contribution < 1.29 is 0 Å². The fourth-order valence-electron chi connectivity index (χ4n) is 2.85. The molecule has 0 saturated heterocycles. The molecule has 2 aromatic carbocycles. The van der Waals surface area contributed by atoms with Crippen molar-refractivity contribution >= 4 is 26.8 Å². The zero-order chi connectivity index (χ0) is 16.1. The van der Waals surface area contributed by atoms with Crippen molar-refractivity contribution in [1.29, 1.82) is 0 Å². The van der Waals surface area contributed by atoms with E-state index < -0.39 is 0 Å². The highest BCUT2D eigenvalue weighted by Gasteiger charge is 2.08. The molecule has 0 atom stereocenters. The number of para-hydroxylation sites is 1. The average Bonchev–Trinajstić information content (AvgIpc) is 2.58. The minimum Gasteiger partial charge on any atom is -0.222 e. The zero-order valence-electron chi connectivity index (χ0n) is 13.4. The monoisotopic (exact) mass is 368 g/mol. The molecule has 0 aliphatic rings. The van der Waals surface area contributed by atoms with E-state index in [2.05, 4.69) is 63.2 Å². The number of rotatable bonds is 6. The molecule has 23 heavy (non-hydrogen) atoms. The van der Waals surface area contributed by atoms with Crippen molar-refractivity contribution in [2.24, 2.45) is 0 Å². The van der Waals surface area contributed by atoms with Crippen molar-refractivity contribution in [3.05, 3.63) is 58.8 Å². The van der Waals surface area contributed by atoms with Crippen LogP contribution in [0.1, 0.15) is 38.2 Å². The van der Waals surface area contributed by atoms with Crippen LogP contribution in [0.25, 0.3) is 22.2 Å². The van der Waals surface area contributed by atoms with Crippen LogP contribution in [-0.2, 0) is 6.42 Å². The van der Waals surface area contributed by atoms with Gasteiger partial charge in [0.2, 0.25) is 0 Å². The standard InChI is InChI=1S/C20H21BrN2/c1-2-3-4-5-8-15-11-13-16(14-12-15)19-17-9-6-7-10-18(17)22-20(21)23-19/h6-7,9-14H,2-5,8H2,1H3. The number of unbranched alkanes of at least 4 members (excludes halogenated alkanes) is 3. The van der Waals surface area contributed by atoms with Gasteiger partial charge in [-0.15, -0.1) is 0 Å². The number of fused-ring (bicyclic) bond motifs is 1. The first-order valence-corrected chi connectivity index (χ1v) is 9.09. The minimum absolute atomic E-state index is 0.634. The summed E-state index contributed by atoms with van der Waals surface area (Å²) in [5, 5.41) is 1.09. The maximum Gasteiger partial charge on any atom is 0.197 e. The second-order valence-electron chi connectivity index (χ2n) is 5.87. The van der Waals surface area contributed by atoms with Crippen molar-refractivity contribution in [3.63, 3.8) is 0 Å². The molecule has 0 radical (unpaired) electrons. The molecule has 0 aliphatic carbocycles. The number of benzene rings is 2. The molecule has 0 unspecified atom stereocenters. The van der Waals surface area contributed by atoms with Gasteiger partial charge in [0.05, 0.1) is 11.2 Å². The summed E-state index contributed by atoms with van der Waals surface area (Å²) < 4.78 is 0.634. The first-order valence-electron chi connectivity index (χ1n) is 8.29. The summed E-state index contributed by atoms with van der Waals surface area (Å²) in [5.41, 5.74) is 4.50. The van der Waals surface area contributed by atoms with E-state index in [9.17, 15) is 0 Å². The third-order valence-electron chi connectivity index (χ3n) is 4.12. The normalized spacial score (nSPS) is 11.0. The summed E-state index contributed by atoms with van der Waals surface area (Å²) in [6.45, 7) is 2.25. The van der Waals surface area contributed by atoms with Crippen LogP contribution in [0.2, 0.25) is 0 Å². The number of nitrogens with zero attached hydrogens (tertiary/aromatic N) is 2. The molecule has 118 valence electrons. The molecular formula is C20H21BrN2. The highest BCUT2D eigenvalue weighted by atomic mass is 79.9. The SMILES string of the molecule is CCCCCCc1ccc(-c2nc(Br)nc3ccccc23)cc1. The molecule has 3 heteroatoms. The lowest BCUT2D eigenvalue weighted by Gasteiger charge is -2.08. The van der Waals surface area contributed by atoms with Gasteiger partial charge in [-0.2, -0.15) is 0 Å². The first kappa shape index (κ1) is 16.1. The van der Waals surface area contributed by atoms with Gasteiger partial charge in [-0.05, 0) is 40.4 Å². The van der Waals surface area contributed by atoms with E-state index in [0.717, 1.165) is 28.6 Å². The molecule has 0 amide bonds. The predicted molar refractivity (Wildman–Crippen MR) is 101 cm³/mol. The van der Waals surface area contributed by atoms with Crippen molar-refractivity contribution in [2.45, 2.75) is 39.0 Å². The highest BCUT2D eigenvalue weighted by molar-refractivity contribution is 9.10. The third kappa shape index (κ3) is 3.97. The van der Waals surface area contributed by atoms with Gasteiger partial charge in [0.15, 0.2) is 4.73 Å². The number of hydrogen-bond acceptors (Lipinski definition) is 2. The van der Waals surface area contributed by atoms with Crippen LogP contribution in [0.3, 0.4) is 0 Å². The topological polar surface area (TPSA) is 25.8 Å². The van der Waals surface area contributed by atoms with E-state index in [-0.39, 0.29) is 0 Å². The Morgan fingerprint density at radius 1 is 0.870 bits per heavy atom. The zero-order valence-corrected chi connectivity index (χ0v) is 15.0. The van der Waals surface area contributed by atoms with E-state index in [1.807, 2.05) is 18.2 Å². The largest absolute Gasteiger partial charge is 0.222 e. The average molecular weight is 369 g/mol. The summed E-state index contributed by atoms with van der Waals surface area (Å²) in [6, 6.07) is 16.9. The van der Waals surface area contributed by atoms with Crippen LogP contribution in [0.15, 0.2) is 53.3 Å². The number of halogens is 1. The molecule has 0 bridgehead atoms. The Balaban J connectivity index is 1.85. The number of hydrogen-bond donors (Lipinski definition) is 0. The summed E-state index contributed by atoms with van der Waals surface area (Å²) in [7, 11) is 0. The molecular weight excluding hydrogens is 348 g/mol. The molecule has 1 heterocycles. The van der Waals surface area contributed by atoms with Gasteiger partial charge >= 0.3 is 0 Å². The van der Waals surface area contributed by atoms with Crippen LogP contribution in [0.5, 0.6) is 0 Å². The van der Waals surface area contributed by atoms with Gasteiger partial charge in [0, 0.05) is 10.9 Å². The molecule has 0 fully saturated rings. The molecule has 3 aromatic rings. The Bertz CT molecular complexity index is 781. The Morgan fingerprint density at radius 3 is 2.43 bits per heavy atom. The van der Waals surface area contributed by atoms with Crippen LogP contribution in [0.4, 0.5) is 0 Å². The van der Waals surface area contributed by atoms with Gasteiger partial charge < -0.3 is 0 Å². The van der Waals surface area contributed by atoms with Gasteiger partial charge in [-0.1, -0.05) is 68.7 Å². The summed E-state index contributed by atoms with van der Waals surface area (Å²) in [6.07, 6.45) is 6.37. The lowest BCUT2D eigenvalue weighted by molar-refractivity contribution is 0.667. The van der Waals surface area contributed by atoms with Crippen LogP contribution >= 0.6 is 15.9 Å². The highest BCUT2D eigenvalue weighted by Crippen LogP contribution is 2.27. The number of aryl methyl sites for hydroxylation is 1. The maximum absolute atomic E-state index is 4.59. The van der Waals surface area contributed by atoms with E-state index in [0.29, 0.717) is 4.73 Å². The van der Waals surface area contributed by atoms with Gasteiger partial charge in [0.25, 0.3) is 0 Å². The second kappa shape index (κ2) is 7.69. The van der Waals surface area contributed by atoms with Crippen LogP contribution in [0, 0.1) is 0 Å². The lowest BCUT2D eigenvalue weighted by Crippen LogP contribution is -1.92. The maximum atomic E-state index is 4.59. The van der Waals surface area contributed by atoms with Crippen molar-refractivity contribution in [2.75, 3.05) is 0 Å². The number of aromatic nitrogens is 2. The Hall–Kier alpha value is -1.74. The molecule has 0 aliphatic heterocycles. The molecule has 3 rings (SSSR count). The van der Waals surface area contributed by atoms with E-state index in [4.69, 9.17) is 0 Å². The Kier molecular flexibility index (Phi) is 5.39. The van der Waals surface area contributed by atoms with Crippen LogP contribution in [-0.4, -0.2) is 9.97 Å². The predicted octanol–water partition coefficient (Wildman–Crippen LogP) is 6.18. The lowest BCUT2D eigenvalue weighted by atomic mass is 10.0. The van der Waals surface area contributed by atoms with Gasteiger partial charge in [-0.3, -0.25) is 0 Å². The minimum atomic E-state index is 0.634. The van der Waals surface area contributed by atoms with E-state index >= 15 is 0 Å². The first-order chi connectivity index (χ1) is 11.3. The summed E-state index contributed by atoms with van der Waals surface area (Å²) >= 11 is 3.42. The molecule has 0 saturated carbocycles. The van der Waals surface area contributed by atoms with Gasteiger partial charge in [0.1, 0.15) is 0 Å². The van der Waals surface area contributed by atoms with Gasteiger partial charge in [-0.25, -0.2) is 9.97 Å². The van der Waals surface area contributed by atoms with E-state index in [1.165, 1.54) is 31.2 Å². The van der Waals surface area contributed by atoms with Crippen molar-refractivity contribution in [3.8, 4) is 11.3 Å². The summed E-state index contributed by atoms with van der Waals surface area (Å²) in [5.74, 6) is 0. The quantitative estimate of drug-likeness (QED) is 0.383. The van der Waals surface area contributed by atoms with Crippen molar-refractivity contribution in [1.82, 2.24) is 9.97 Å². The Morgan fingerprint density at radius 2 is 1.65 bits per heavy atom. The fourth-order valence-corrected chi connectivity index (χ4v) is 3.22. The van der Waals surface area contributed by atoms with Crippen LogP contribution < -0.4 is 0 Å². The molecule has 2 nitrogen and oxygen atoms in total. The fraction of sp³-hybridized carbons (Fsp3) is 0.300. The molecule has 0 spiro atoms. The second-order valence-corrected chi connectivity index (χ2v) is 6.58. The molecule has 1 aromatic heterocycles. The smallest absolute Gasteiger partial charge is 0.197 e. The third-order valence-corrected chi connectivity index (χ3v) is 4.48. The summed E-state index contributed by atoms with van der Waals surface area (Å²) in [4.78, 5) is 9.04. The molecule has 0 N–H and O–H groups in total.